The predicted molar refractivity (Wildman–Crippen MR) is 169 cm³/mol. The number of nitrogens with zero attached hydrogens (tertiary/aromatic N) is 3. The monoisotopic (exact) mass is 596 g/mol. The van der Waals surface area contributed by atoms with Crippen LogP contribution in [0.1, 0.15) is 51.7 Å². The Morgan fingerprint density at radius 2 is 1.47 bits per heavy atom. The van der Waals surface area contributed by atoms with Gasteiger partial charge < -0.3 is 20.6 Å². The molecule has 2 fully saturated rings. The molecule has 2 aliphatic heterocycles. The van der Waals surface area contributed by atoms with E-state index in [-0.39, 0.29) is 12.5 Å². The number of aliphatic hydroxyl groups is 1. The van der Waals surface area contributed by atoms with Crippen LogP contribution in [0, 0.1) is 0 Å². The fraction of sp³-hybridized carbons (Fsp3) is 0.333. The number of aliphatic hydroxyl groups excluding tert-OH is 1. The molecule has 3 amide bonds. The van der Waals surface area contributed by atoms with Crippen molar-refractivity contribution in [3.05, 3.63) is 83.9 Å². The van der Waals surface area contributed by atoms with Crippen LogP contribution in [-0.4, -0.2) is 43.6 Å². The van der Waals surface area contributed by atoms with E-state index in [1.807, 2.05) is 60.7 Å². The molecule has 222 valence electrons. The molecule has 4 N–H and O–H groups in total. The summed E-state index contributed by atoms with van der Waals surface area (Å²) < 4.78 is 0. The highest BCUT2D eigenvalue weighted by molar-refractivity contribution is 7.99. The van der Waals surface area contributed by atoms with Crippen molar-refractivity contribution in [2.45, 2.75) is 80.1 Å². The van der Waals surface area contributed by atoms with Crippen LogP contribution in [0.15, 0.2) is 82.6 Å². The highest BCUT2D eigenvalue weighted by Gasteiger charge is 2.59. The largest absolute Gasteiger partial charge is 0.392 e. The van der Waals surface area contributed by atoms with Gasteiger partial charge in [-0.1, -0.05) is 60.3 Å². The Morgan fingerprint density at radius 1 is 0.860 bits per heavy atom. The lowest BCUT2D eigenvalue weighted by atomic mass is 9.69. The molecule has 3 aromatic carbocycles. The van der Waals surface area contributed by atoms with E-state index in [0.717, 1.165) is 37.6 Å². The predicted octanol–water partition coefficient (Wildman–Crippen LogP) is 5.62. The summed E-state index contributed by atoms with van der Waals surface area (Å²) in [6, 6.07) is 23.6. The van der Waals surface area contributed by atoms with Crippen molar-refractivity contribution in [2.24, 2.45) is 0 Å². The van der Waals surface area contributed by atoms with Crippen molar-refractivity contribution in [1.82, 2.24) is 20.6 Å². The summed E-state index contributed by atoms with van der Waals surface area (Å²) in [7, 11) is 0. The van der Waals surface area contributed by atoms with Gasteiger partial charge in [0.1, 0.15) is 11.4 Å². The first kappa shape index (κ1) is 28.9. The number of carbonyl (C=O) groups excluding carboxylic acids is 2. The average molecular weight is 597 g/mol. The lowest BCUT2D eigenvalue weighted by Gasteiger charge is -2.58. The Morgan fingerprint density at radius 3 is 2.12 bits per heavy atom. The number of aromatic nitrogens is 2. The van der Waals surface area contributed by atoms with Crippen LogP contribution in [0.3, 0.4) is 0 Å². The molecule has 4 aromatic rings. The maximum absolute atomic E-state index is 13.0. The fourth-order valence-corrected chi connectivity index (χ4v) is 8.02. The van der Waals surface area contributed by atoms with Crippen LogP contribution in [0.2, 0.25) is 0 Å². The van der Waals surface area contributed by atoms with Crippen LogP contribution in [0.25, 0.3) is 10.9 Å². The number of imide groups is 1. The minimum absolute atomic E-state index is 0.0152. The lowest BCUT2D eigenvalue weighted by Crippen LogP contribution is -2.70. The molecule has 0 radical (unpaired) electrons. The van der Waals surface area contributed by atoms with Crippen LogP contribution >= 0.6 is 11.8 Å². The average Bonchev–Trinajstić information content (AvgIpc) is 3.21. The third kappa shape index (κ3) is 5.41. The molecule has 6 rings (SSSR count). The van der Waals surface area contributed by atoms with E-state index >= 15 is 0 Å². The van der Waals surface area contributed by atoms with Crippen LogP contribution in [0.4, 0.5) is 16.6 Å². The summed E-state index contributed by atoms with van der Waals surface area (Å²) in [6.07, 6.45) is 0.865. The molecule has 0 aliphatic carbocycles. The van der Waals surface area contributed by atoms with Gasteiger partial charge >= 0.3 is 6.03 Å². The van der Waals surface area contributed by atoms with Crippen molar-refractivity contribution in [3.63, 3.8) is 0 Å². The molecule has 43 heavy (non-hydrogen) atoms. The van der Waals surface area contributed by atoms with Crippen molar-refractivity contribution in [3.8, 4) is 0 Å². The molecule has 0 saturated carbocycles. The van der Waals surface area contributed by atoms with Gasteiger partial charge in [-0.15, -0.1) is 0 Å². The van der Waals surface area contributed by atoms with E-state index in [2.05, 4.69) is 60.7 Å². The molecule has 1 spiro atoms. The summed E-state index contributed by atoms with van der Waals surface area (Å²) in [5.74, 6) is 1.01. The Labute approximate surface area is 255 Å². The number of hydrogen-bond donors (Lipinski definition) is 4. The molecule has 9 nitrogen and oxygen atoms in total. The Kier molecular flexibility index (Phi) is 7.30. The van der Waals surface area contributed by atoms with Gasteiger partial charge in [0.05, 0.1) is 12.1 Å². The molecule has 2 aliphatic rings. The van der Waals surface area contributed by atoms with Gasteiger partial charge in [0.2, 0.25) is 5.95 Å². The summed E-state index contributed by atoms with van der Waals surface area (Å²) in [4.78, 5) is 39.5. The molecule has 10 heteroatoms. The lowest BCUT2D eigenvalue weighted by molar-refractivity contribution is -0.126. The second-order valence-electron chi connectivity index (χ2n) is 12.5. The number of benzene rings is 3. The number of para-hydroxylation sites is 1. The Balaban J connectivity index is 1.34. The van der Waals surface area contributed by atoms with Crippen molar-refractivity contribution in [2.75, 3.05) is 10.2 Å². The van der Waals surface area contributed by atoms with E-state index < -0.39 is 22.6 Å². The third-order valence-electron chi connectivity index (χ3n) is 8.26. The van der Waals surface area contributed by atoms with Gasteiger partial charge in [0, 0.05) is 45.6 Å². The van der Waals surface area contributed by atoms with E-state index in [0.29, 0.717) is 25.3 Å². The molecule has 0 unspecified atom stereocenters. The van der Waals surface area contributed by atoms with Crippen LogP contribution < -0.4 is 20.9 Å². The van der Waals surface area contributed by atoms with Gasteiger partial charge in [0.25, 0.3) is 5.91 Å². The van der Waals surface area contributed by atoms with Crippen molar-refractivity contribution >= 4 is 46.4 Å². The summed E-state index contributed by atoms with van der Waals surface area (Å²) in [5, 5.41) is 19.6. The number of rotatable bonds is 7. The molecule has 0 atom stereocenters. The zero-order chi connectivity index (χ0) is 30.4. The van der Waals surface area contributed by atoms with Crippen molar-refractivity contribution < 1.29 is 14.7 Å². The Hall–Kier alpha value is -4.15. The summed E-state index contributed by atoms with van der Waals surface area (Å²) in [6.45, 7) is 8.86. The Bertz CT molecular complexity index is 1700. The number of nitrogens with one attached hydrogen (secondary N) is 3. The second kappa shape index (κ2) is 10.8. The number of hydrogen-bond acceptors (Lipinski definition) is 8. The standard InChI is InChI=1S/C33H36N6O3S/c1-31(2)19-33(28(41)37-30(42)38-33)20-32(3,4)39(31)27-23-13-7-8-14-24(23)35-29(36-27)34-17-21-11-5-9-15-25(21)43-26-16-10-6-12-22(26)18-40/h5-16,40H,17-20H2,1-4H3,(H,34,35,36)(H2,37,38,41,42). The molecular formula is C33H36N6O3S. The highest BCUT2D eigenvalue weighted by atomic mass is 32.2. The van der Waals surface area contributed by atoms with E-state index in [1.54, 1.807) is 11.8 Å². The van der Waals surface area contributed by atoms with Crippen LogP contribution in [0.5, 0.6) is 0 Å². The minimum Gasteiger partial charge on any atom is -0.392 e. The SMILES string of the molecule is CC1(C)CC2(CC(C)(C)N1c1nc(NCc3ccccc3Sc3ccccc3CO)nc3ccccc13)NC(=O)NC2=O. The smallest absolute Gasteiger partial charge is 0.322 e. The number of piperidine rings is 1. The normalized spacial score (nSPS) is 18.5. The van der Waals surface area contributed by atoms with Crippen LogP contribution in [-0.2, 0) is 17.9 Å². The number of anilines is 2. The number of amides is 3. The molecule has 3 heterocycles. The van der Waals surface area contributed by atoms with Gasteiger partial charge in [-0.05, 0) is 63.1 Å². The minimum atomic E-state index is -0.972. The fourth-order valence-electron chi connectivity index (χ4n) is 6.95. The zero-order valence-corrected chi connectivity index (χ0v) is 25.6. The number of fused-ring (bicyclic) bond motifs is 1. The zero-order valence-electron chi connectivity index (χ0n) is 24.8. The topological polar surface area (TPSA) is 119 Å². The molecule has 1 aromatic heterocycles. The summed E-state index contributed by atoms with van der Waals surface area (Å²) in [5.41, 5.74) is 0.750. The van der Waals surface area contributed by atoms with E-state index in [1.165, 1.54) is 0 Å². The second-order valence-corrected chi connectivity index (χ2v) is 13.6. The summed E-state index contributed by atoms with van der Waals surface area (Å²) >= 11 is 1.63. The quantitative estimate of drug-likeness (QED) is 0.203. The van der Waals surface area contributed by atoms with Gasteiger partial charge in [-0.3, -0.25) is 10.1 Å². The first-order valence-corrected chi connectivity index (χ1v) is 15.2. The maximum atomic E-state index is 13.0. The third-order valence-corrected chi connectivity index (χ3v) is 9.50. The number of carbonyl (C=O) groups is 2. The molecule has 0 bridgehead atoms. The van der Waals surface area contributed by atoms with E-state index in [9.17, 15) is 14.7 Å². The first-order chi connectivity index (χ1) is 20.5. The van der Waals surface area contributed by atoms with Gasteiger partial charge in [0.15, 0.2) is 0 Å². The van der Waals surface area contributed by atoms with Crippen molar-refractivity contribution in [1.29, 1.82) is 0 Å². The van der Waals surface area contributed by atoms with Gasteiger partial charge in [-0.25, -0.2) is 9.78 Å². The highest BCUT2D eigenvalue weighted by Crippen LogP contribution is 2.48. The first-order valence-electron chi connectivity index (χ1n) is 14.4. The molecular weight excluding hydrogens is 560 g/mol. The molecule has 2 saturated heterocycles. The van der Waals surface area contributed by atoms with Gasteiger partial charge in [-0.2, -0.15) is 4.98 Å². The maximum Gasteiger partial charge on any atom is 0.322 e. The van der Waals surface area contributed by atoms with E-state index in [4.69, 9.17) is 9.97 Å². The number of urea groups is 1.